The highest BCUT2D eigenvalue weighted by atomic mass is 32.2. The first-order valence-electron chi connectivity index (χ1n) is 5.50. The van der Waals surface area contributed by atoms with Crippen molar-refractivity contribution < 1.29 is 0 Å². The van der Waals surface area contributed by atoms with E-state index in [4.69, 9.17) is 5.26 Å². The Morgan fingerprint density at radius 3 is 2.94 bits per heavy atom. The van der Waals surface area contributed by atoms with Crippen molar-refractivity contribution in [2.75, 3.05) is 11.9 Å². The molecule has 0 saturated heterocycles. The van der Waals surface area contributed by atoms with E-state index in [0.717, 1.165) is 0 Å². The third-order valence-electron chi connectivity index (χ3n) is 3.22. The van der Waals surface area contributed by atoms with Crippen LogP contribution in [0.25, 0.3) is 0 Å². The lowest BCUT2D eigenvalue weighted by Gasteiger charge is -2.38. The van der Waals surface area contributed by atoms with E-state index >= 15 is 0 Å². The number of fused-ring (bicyclic) bond motifs is 1. The number of benzene rings is 1. The van der Waals surface area contributed by atoms with Gasteiger partial charge >= 0.3 is 0 Å². The molecule has 0 N–H and O–H groups in total. The first kappa shape index (κ1) is 11.3. The molecule has 2 rings (SSSR count). The van der Waals surface area contributed by atoms with Gasteiger partial charge in [0.05, 0.1) is 11.8 Å². The average Bonchev–Trinajstić information content (AvgIpc) is 2.25. The van der Waals surface area contributed by atoms with Crippen LogP contribution in [0, 0.1) is 18.3 Å². The summed E-state index contributed by atoms with van der Waals surface area (Å²) in [4.78, 5) is 3.59. The number of hydrogen-bond donors (Lipinski definition) is 0. The molecule has 0 aliphatic carbocycles. The van der Waals surface area contributed by atoms with Crippen LogP contribution < -0.4 is 4.90 Å². The third-order valence-corrected chi connectivity index (χ3v) is 4.66. The summed E-state index contributed by atoms with van der Waals surface area (Å²) in [6.07, 6.45) is 0.615. The van der Waals surface area contributed by atoms with Gasteiger partial charge in [-0.25, -0.2) is 0 Å². The Bertz CT molecular complexity index is 436. The second-order valence-corrected chi connectivity index (χ2v) is 5.62. The highest BCUT2D eigenvalue weighted by Crippen LogP contribution is 2.42. The van der Waals surface area contributed by atoms with Gasteiger partial charge in [0.15, 0.2) is 0 Å². The number of thioether (sulfide) groups is 1. The van der Waals surface area contributed by atoms with Crippen molar-refractivity contribution in [1.29, 1.82) is 5.26 Å². The molecule has 16 heavy (non-hydrogen) atoms. The summed E-state index contributed by atoms with van der Waals surface area (Å²) < 4.78 is 0. The fraction of sp³-hybridized carbons (Fsp3) is 0.462. The van der Waals surface area contributed by atoms with Gasteiger partial charge in [0.1, 0.15) is 0 Å². The molecule has 0 aromatic heterocycles. The summed E-state index contributed by atoms with van der Waals surface area (Å²) in [5, 5.41) is 9.22. The van der Waals surface area contributed by atoms with Gasteiger partial charge in [-0.3, -0.25) is 0 Å². The quantitative estimate of drug-likeness (QED) is 0.744. The predicted molar refractivity (Wildman–Crippen MR) is 68.9 cm³/mol. The van der Waals surface area contributed by atoms with Crippen molar-refractivity contribution in [2.45, 2.75) is 36.5 Å². The highest BCUT2D eigenvalue weighted by molar-refractivity contribution is 8.00. The van der Waals surface area contributed by atoms with E-state index in [9.17, 15) is 0 Å². The van der Waals surface area contributed by atoms with E-state index < -0.39 is 0 Å². The van der Waals surface area contributed by atoms with Gasteiger partial charge in [-0.15, -0.1) is 11.8 Å². The lowest BCUT2D eigenvalue weighted by molar-refractivity contribution is 0.638. The summed E-state index contributed by atoms with van der Waals surface area (Å²) in [5.41, 5.74) is 2.57. The predicted octanol–water partition coefficient (Wildman–Crippen LogP) is 3.21. The van der Waals surface area contributed by atoms with Crippen LogP contribution >= 0.6 is 11.8 Å². The summed E-state index contributed by atoms with van der Waals surface area (Å²) in [6.45, 7) is 4.30. The number of anilines is 1. The Morgan fingerprint density at radius 1 is 1.50 bits per heavy atom. The van der Waals surface area contributed by atoms with Gasteiger partial charge in [-0.05, 0) is 31.5 Å². The van der Waals surface area contributed by atoms with Crippen LogP contribution in [-0.2, 0) is 0 Å². The first-order chi connectivity index (χ1) is 7.63. The van der Waals surface area contributed by atoms with E-state index in [2.05, 4.69) is 50.1 Å². The number of nitriles is 1. The molecule has 0 bridgehead atoms. The fourth-order valence-electron chi connectivity index (χ4n) is 2.04. The summed E-state index contributed by atoms with van der Waals surface area (Å²) in [7, 11) is 2.11. The largest absolute Gasteiger partial charge is 0.370 e. The average molecular weight is 232 g/mol. The van der Waals surface area contributed by atoms with Crippen molar-refractivity contribution in [3.63, 3.8) is 0 Å². The van der Waals surface area contributed by atoms with Crippen molar-refractivity contribution in [3.05, 3.63) is 23.8 Å². The Labute approximate surface area is 101 Å². The Morgan fingerprint density at radius 2 is 2.25 bits per heavy atom. The molecule has 1 aliphatic heterocycles. The molecular weight excluding hydrogens is 216 g/mol. The summed E-state index contributed by atoms with van der Waals surface area (Å²) >= 11 is 1.84. The molecule has 1 aromatic carbocycles. The van der Waals surface area contributed by atoms with Crippen molar-refractivity contribution in [1.82, 2.24) is 0 Å². The number of hydrogen-bond acceptors (Lipinski definition) is 3. The minimum Gasteiger partial charge on any atom is -0.370 e. The smallest absolute Gasteiger partial charge is 0.0634 e. The molecule has 2 atom stereocenters. The summed E-state index contributed by atoms with van der Waals surface area (Å²) in [6, 6.07) is 9.24. The second kappa shape index (κ2) is 4.39. The van der Waals surface area contributed by atoms with Gasteiger partial charge in [-0.1, -0.05) is 6.07 Å². The molecule has 0 spiro atoms. The van der Waals surface area contributed by atoms with Crippen molar-refractivity contribution >= 4 is 17.4 Å². The van der Waals surface area contributed by atoms with E-state index in [-0.39, 0.29) is 0 Å². The van der Waals surface area contributed by atoms with Crippen LogP contribution in [0.5, 0.6) is 0 Å². The molecule has 2 unspecified atom stereocenters. The van der Waals surface area contributed by atoms with Crippen LogP contribution in [0.2, 0.25) is 0 Å². The molecule has 0 fully saturated rings. The third kappa shape index (κ3) is 1.90. The SMILES string of the molecule is Cc1ccc2c(c1)SC(CC#N)C(C)N2C. The minimum atomic E-state index is 0.379. The Balaban J connectivity index is 2.37. The maximum Gasteiger partial charge on any atom is 0.0634 e. The van der Waals surface area contributed by atoms with E-state index in [1.54, 1.807) is 0 Å². The maximum atomic E-state index is 8.84. The van der Waals surface area contributed by atoms with Gasteiger partial charge in [0.25, 0.3) is 0 Å². The molecule has 0 amide bonds. The Hall–Kier alpha value is -1.14. The zero-order valence-electron chi connectivity index (χ0n) is 9.90. The zero-order valence-corrected chi connectivity index (χ0v) is 10.7. The van der Waals surface area contributed by atoms with Crippen LogP contribution in [0.3, 0.4) is 0 Å². The van der Waals surface area contributed by atoms with Crippen LogP contribution in [0.1, 0.15) is 18.9 Å². The molecule has 1 aromatic rings. The number of rotatable bonds is 1. The lowest BCUT2D eigenvalue weighted by atomic mass is 10.1. The van der Waals surface area contributed by atoms with Crippen LogP contribution in [0.15, 0.2) is 23.1 Å². The molecular formula is C13H16N2S. The van der Waals surface area contributed by atoms with Gasteiger partial charge in [0.2, 0.25) is 0 Å². The number of nitrogens with zero attached hydrogens (tertiary/aromatic N) is 2. The van der Waals surface area contributed by atoms with E-state index in [1.165, 1.54) is 16.1 Å². The zero-order chi connectivity index (χ0) is 11.7. The normalized spacial score (nSPS) is 23.8. The molecule has 3 heteroatoms. The van der Waals surface area contributed by atoms with Crippen molar-refractivity contribution in [3.8, 4) is 6.07 Å². The minimum absolute atomic E-state index is 0.379. The monoisotopic (exact) mass is 232 g/mol. The second-order valence-electron chi connectivity index (χ2n) is 4.34. The lowest BCUT2D eigenvalue weighted by Crippen LogP contribution is -2.40. The van der Waals surface area contributed by atoms with Gasteiger partial charge < -0.3 is 4.90 Å². The topological polar surface area (TPSA) is 27.0 Å². The number of aryl methyl sites for hydroxylation is 1. The fourth-order valence-corrected chi connectivity index (χ4v) is 3.49. The molecule has 84 valence electrons. The molecule has 1 aliphatic rings. The molecule has 1 heterocycles. The first-order valence-corrected chi connectivity index (χ1v) is 6.38. The van der Waals surface area contributed by atoms with E-state index in [0.29, 0.717) is 17.7 Å². The Kier molecular flexibility index (Phi) is 3.11. The van der Waals surface area contributed by atoms with Gasteiger partial charge in [0, 0.05) is 29.7 Å². The molecule has 0 saturated carbocycles. The molecule has 2 nitrogen and oxygen atoms in total. The highest BCUT2D eigenvalue weighted by Gasteiger charge is 2.29. The maximum absolute atomic E-state index is 8.84. The van der Waals surface area contributed by atoms with Gasteiger partial charge in [-0.2, -0.15) is 5.26 Å². The molecule has 0 radical (unpaired) electrons. The van der Waals surface area contributed by atoms with E-state index in [1.807, 2.05) is 11.8 Å². The van der Waals surface area contributed by atoms with Crippen molar-refractivity contribution in [2.24, 2.45) is 0 Å². The standard InChI is InChI=1S/C13H16N2S/c1-9-4-5-11-13(8-9)16-12(6-7-14)10(2)15(11)3/h4-5,8,10,12H,6H2,1-3H3. The van der Waals surface area contributed by atoms with Crippen LogP contribution in [0.4, 0.5) is 5.69 Å². The van der Waals surface area contributed by atoms with Crippen LogP contribution in [-0.4, -0.2) is 18.3 Å². The summed E-state index contributed by atoms with van der Waals surface area (Å²) in [5.74, 6) is 0.